The van der Waals surface area contributed by atoms with Gasteiger partial charge in [0.05, 0.1) is 5.56 Å². The third kappa shape index (κ3) is 2.87. The van der Waals surface area contributed by atoms with Crippen LogP contribution in [0.1, 0.15) is 41.3 Å². The van der Waals surface area contributed by atoms with Gasteiger partial charge in [0.2, 0.25) is 0 Å². The van der Waals surface area contributed by atoms with Crippen LogP contribution in [0.5, 0.6) is 11.5 Å². The fourth-order valence-electron chi connectivity index (χ4n) is 2.04. The number of rotatable bonds is 4. The summed E-state index contributed by atoms with van der Waals surface area (Å²) >= 11 is 0. The standard InChI is InChI=1S/C17H17FO2/c1-11(2)14-8-7-12(3)9-16(14)20-17-13(10-19)5-4-6-15(17)18/h4-11H,1-3H3. The van der Waals surface area contributed by atoms with E-state index in [1.54, 1.807) is 0 Å². The predicted octanol–water partition coefficient (Wildman–Crippen LogP) is 4.86. The molecule has 0 aliphatic rings. The van der Waals surface area contributed by atoms with Gasteiger partial charge >= 0.3 is 0 Å². The number of carbonyl (C=O) groups is 1. The summed E-state index contributed by atoms with van der Waals surface area (Å²) in [5, 5.41) is 0. The Balaban J connectivity index is 2.50. The summed E-state index contributed by atoms with van der Waals surface area (Å²) in [5.41, 5.74) is 2.21. The molecule has 0 aliphatic heterocycles. The van der Waals surface area contributed by atoms with E-state index >= 15 is 0 Å². The molecule has 0 saturated carbocycles. The maximum absolute atomic E-state index is 13.9. The lowest BCUT2D eigenvalue weighted by atomic mass is 10.0. The molecule has 2 rings (SSSR count). The molecule has 0 saturated heterocycles. The van der Waals surface area contributed by atoms with E-state index in [1.165, 1.54) is 18.2 Å². The molecule has 0 bridgehead atoms. The Morgan fingerprint density at radius 1 is 1.20 bits per heavy atom. The summed E-state index contributed by atoms with van der Waals surface area (Å²) in [6.45, 7) is 6.03. The number of carbonyl (C=O) groups excluding carboxylic acids is 1. The number of benzene rings is 2. The van der Waals surface area contributed by atoms with Gasteiger partial charge < -0.3 is 4.74 Å². The smallest absolute Gasteiger partial charge is 0.173 e. The van der Waals surface area contributed by atoms with Crippen LogP contribution in [0.15, 0.2) is 36.4 Å². The molecule has 0 amide bonds. The quantitative estimate of drug-likeness (QED) is 0.743. The van der Waals surface area contributed by atoms with Gasteiger partial charge in [-0.1, -0.05) is 32.0 Å². The predicted molar refractivity (Wildman–Crippen MR) is 77.1 cm³/mol. The van der Waals surface area contributed by atoms with Gasteiger partial charge in [-0.15, -0.1) is 0 Å². The van der Waals surface area contributed by atoms with Crippen molar-refractivity contribution in [2.24, 2.45) is 0 Å². The number of halogens is 1. The highest BCUT2D eigenvalue weighted by molar-refractivity contribution is 5.79. The van der Waals surface area contributed by atoms with E-state index in [0.29, 0.717) is 12.0 Å². The highest BCUT2D eigenvalue weighted by atomic mass is 19.1. The summed E-state index contributed by atoms with van der Waals surface area (Å²) in [6, 6.07) is 10.1. The van der Waals surface area contributed by atoms with Crippen molar-refractivity contribution in [1.29, 1.82) is 0 Å². The topological polar surface area (TPSA) is 26.3 Å². The summed E-state index contributed by atoms with van der Waals surface area (Å²) < 4.78 is 19.6. The molecule has 2 nitrogen and oxygen atoms in total. The average molecular weight is 272 g/mol. The molecule has 0 N–H and O–H groups in total. The van der Waals surface area contributed by atoms with Crippen molar-refractivity contribution in [1.82, 2.24) is 0 Å². The Bertz CT molecular complexity index is 633. The van der Waals surface area contributed by atoms with Crippen molar-refractivity contribution in [3.63, 3.8) is 0 Å². The maximum Gasteiger partial charge on any atom is 0.173 e. The molecule has 104 valence electrons. The molecule has 3 heteroatoms. The molecule has 2 aromatic carbocycles. The van der Waals surface area contributed by atoms with E-state index in [0.717, 1.165) is 11.1 Å². The lowest BCUT2D eigenvalue weighted by Gasteiger charge is -2.16. The SMILES string of the molecule is Cc1ccc(C(C)C)c(Oc2c(F)cccc2C=O)c1. The van der Waals surface area contributed by atoms with Gasteiger partial charge in [0, 0.05) is 0 Å². The van der Waals surface area contributed by atoms with Crippen molar-refractivity contribution in [3.8, 4) is 11.5 Å². The van der Waals surface area contributed by atoms with Gasteiger partial charge in [-0.05, 0) is 42.2 Å². The zero-order valence-electron chi connectivity index (χ0n) is 11.8. The van der Waals surface area contributed by atoms with Crippen LogP contribution in [0.4, 0.5) is 4.39 Å². The molecule has 0 aliphatic carbocycles. The second-order valence-electron chi connectivity index (χ2n) is 5.07. The van der Waals surface area contributed by atoms with E-state index in [9.17, 15) is 9.18 Å². The first-order valence-electron chi connectivity index (χ1n) is 6.55. The highest BCUT2D eigenvalue weighted by Gasteiger charge is 2.14. The lowest BCUT2D eigenvalue weighted by molar-refractivity contribution is 0.112. The van der Waals surface area contributed by atoms with Gasteiger partial charge in [0.1, 0.15) is 5.75 Å². The molecule has 2 aromatic rings. The summed E-state index contributed by atoms with van der Waals surface area (Å²) in [7, 11) is 0. The Morgan fingerprint density at radius 3 is 2.60 bits per heavy atom. The van der Waals surface area contributed by atoms with E-state index in [-0.39, 0.29) is 17.2 Å². The van der Waals surface area contributed by atoms with Crippen LogP contribution < -0.4 is 4.74 Å². The minimum Gasteiger partial charge on any atom is -0.453 e. The largest absolute Gasteiger partial charge is 0.453 e. The fourth-order valence-corrected chi connectivity index (χ4v) is 2.04. The van der Waals surface area contributed by atoms with E-state index in [4.69, 9.17) is 4.74 Å². The Hall–Kier alpha value is -2.16. The van der Waals surface area contributed by atoms with Crippen LogP contribution >= 0.6 is 0 Å². The van der Waals surface area contributed by atoms with E-state index < -0.39 is 5.82 Å². The number of hydrogen-bond acceptors (Lipinski definition) is 2. The van der Waals surface area contributed by atoms with Crippen molar-refractivity contribution in [2.45, 2.75) is 26.7 Å². The normalized spacial score (nSPS) is 10.7. The second kappa shape index (κ2) is 5.87. The molecule has 0 radical (unpaired) electrons. The van der Waals surface area contributed by atoms with Gasteiger partial charge in [-0.2, -0.15) is 0 Å². The van der Waals surface area contributed by atoms with Gasteiger partial charge in [0.15, 0.2) is 17.9 Å². The molecule has 0 atom stereocenters. The highest BCUT2D eigenvalue weighted by Crippen LogP contribution is 2.34. The Kier molecular flexibility index (Phi) is 4.18. The molecule has 0 unspecified atom stereocenters. The first kappa shape index (κ1) is 14.3. The van der Waals surface area contributed by atoms with Gasteiger partial charge in [-0.3, -0.25) is 4.79 Å². The third-order valence-corrected chi connectivity index (χ3v) is 3.13. The van der Waals surface area contributed by atoms with Crippen LogP contribution in [0, 0.1) is 12.7 Å². The number of ether oxygens (including phenoxy) is 1. The summed E-state index contributed by atoms with van der Waals surface area (Å²) in [4.78, 5) is 11.0. The Labute approximate surface area is 118 Å². The van der Waals surface area contributed by atoms with Crippen molar-refractivity contribution < 1.29 is 13.9 Å². The molecular formula is C17H17FO2. The third-order valence-electron chi connectivity index (χ3n) is 3.13. The van der Waals surface area contributed by atoms with Crippen molar-refractivity contribution in [2.75, 3.05) is 0 Å². The maximum atomic E-state index is 13.9. The second-order valence-corrected chi connectivity index (χ2v) is 5.07. The first-order valence-corrected chi connectivity index (χ1v) is 6.55. The Morgan fingerprint density at radius 2 is 1.95 bits per heavy atom. The zero-order valence-corrected chi connectivity index (χ0v) is 11.8. The van der Waals surface area contributed by atoms with Crippen LogP contribution in [0.25, 0.3) is 0 Å². The van der Waals surface area contributed by atoms with Crippen molar-refractivity contribution >= 4 is 6.29 Å². The minimum absolute atomic E-state index is 0.0185. The monoisotopic (exact) mass is 272 g/mol. The number of aryl methyl sites for hydroxylation is 1. The molecule has 0 aromatic heterocycles. The van der Waals surface area contributed by atoms with Crippen LogP contribution in [-0.4, -0.2) is 6.29 Å². The van der Waals surface area contributed by atoms with Crippen LogP contribution in [0.3, 0.4) is 0 Å². The van der Waals surface area contributed by atoms with Gasteiger partial charge in [-0.25, -0.2) is 4.39 Å². The molecule has 0 heterocycles. The first-order chi connectivity index (χ1) is 9.52. The number of aldehydes is 1. The summed E-state index contributed by atoms with van der Waals surface area (Å²) in [6.07, 6.45) is 0.600. The van der Waals surface area contributed by atoms with Crippen LogP contribution in [0.2, 0.25) is 0 Å². The van der Waals surface area contributed by atoms with E-state index in [2.05, 4.69) is 0 Å². The molecule has 20 heavy (non-hydrogen) atoms. The minimum atomic E-state index is -0.536. The summed E-state index contributed by atoms with van der Waals surface area (Å²) in [5.74, 6) is 0.283. The molecule has 0 fully saturated rings. The van der Waals surface area contributed by atoms with Crippen LogP contribution in [-0.2, 0) is 0 Å². The average Bonchev–Trinajstić information content (AvgIpc) is 2.40. The van der Waals surface area contributed by atoms with Gasteiger partial charge in [0.25, 0.3) is 0 Å². The molecular weight excluding hydrogens is 255 g/mol. The van der Waals surface area contributed by atoms with E-state index in [1.807, 2.05) is 39.0 Å². The lowest BCUT2D eigenvalue weighted by Crippen LogP contribution is -1.98. The number of para-hydroxylation sites is 1. The fraction of sp³-hybridized carbons (Fsp3) is 0.235. The zero-order chi connectivity index (χ0) is 14.7. The molecule has 0 spiro atoms. The number of hydrogen-bond donors (Lipinski definition) is 0. The van der Waals surface area contributed by atoms with Crippen molar-refractivity contribution in [3.05, 3.63) is 58.9 Å².